The summed E-state index contributed by atoms with van der Waals surface area (Å²) in [5.74, 6) is -2.12. The number of hydrogen-bond donors (Lipinski definition) is 2. The minimum absolute atomic E-state index is 0.147. The second-order valence-corrected chi connectivity index (χ2v) is 6.12. The molecule has 7 heteroatoms. The lowest BCUT2D eigenvalue weighted by Crippen LogP contribution is -2.38. The van der Waals surface area contributed by atoms with Crippen LogP contribution in [0.1, 0.15) is 13.3 Å². The normalized spacial score (nSPS) is 12.7. The van der Waals surface area contributed by atoms with E-state index in [1.54, 1.807) is 18.2 Å². The predicted octanol–water partition coefficient (Wildman–Crippen LogP) is 0.440. The number of sulfone groups is 1. The van der Waals surface area contributed by atoms with Gasteiger partial charge in [-0.3, -0.25) is 9.59 Å². The van der Waals surface area contributed by atoms with E-state index in [2.05, 4.69) is 5.32 Å². The largest absolute Gasteiger partial charge is 0.480 e. The number of hydrogen-bond acceptors (Lipinski definition) is 4. The Morgan fingerprint density at radius 3 is 2.37 bits per heavy atom. The van der Waals surface area contributed by atoms with Gasteiger partial charge in [-0.2, -0.15) is 0 Å². The van der Waals surface area contributed by atoms with Crippen LogP contribution in [-0.2, 0) is 19.4 Å². The van der Waals surface area contributed by atoms with Crippen LogP contribution in [0.15, 0.2) is 35.2 Å². The van der Waals surface area contributed by atoms with Crippen molar-refractivity contribution < 1.29 is 23.1 Å². The summed E-state index contributed by atoms with van der Waals surface area (Å²) in [6, 6.07) is 6.76. The molecule has 1 aromatic carbocycles. The summed E-state index contributed by atoms with van der Waals surface area (Å²) < 4.78 is 23.7. The summed E-state index contributed by atoms with van der Waals surface area (Å²) in [7, 11) is -3.52. The van der Waals surface area contributed by atoms with Crippen molar-refractivity contribution in [2.45, 2.75) is 24.3 Å². The average molecular weight is 285 g/mol. The van der Waals surface area contributed by atoms with Crippen LogP contribution in [0.5, 0.6) is 0 Å². The van der Waals surface area contributed by atoms with E-state index in [1.807, 2.05) is 0 Å². The Balaban J connectivity index is 2.57. The summed E-state index contributed by atoms with van der Waals surface area (Å²) in [4.78, 5) is 22.1. The van der Waals surface area contributed by atoms with Crippen LogP contribution in [0.4, 0.5) is 0 Å². The zero-order chi connectivity index (χ0) is 14.5. The maximum Gasteiger partial charge on any atom is 0.325 e. The van der Waals surface area contributed by atoms with E-state index in [4.69, 9.17) is 5.11 Å². The molecule has 0 radical (unpaired) electrons. The Morgan fingerprint density at radius 1 is 1.26 bits per heavy atom. The van der Waals surface area contributed by atoms with Gasteiger partial charge in [-0.25, -0.2) is 8.42 Å². The molecule has 104 valence electrons. The molecule has 0 aliphatic rings. The monoisotopic (exact) mass is 285 g/mol. The van der Waals surface area contributed by atoms with E-state index in [1.165, 1.54) is 19.1 Å². The van der Waals surface area contributed by atoms with Crippen LogP contribution in [0.3, 0.4) is 0 Å². The molecule has 0 aliphatic heterocycles. The van der Waals surface area contributed by atoms with E-state index in [9.17, 15) is 18.0 Å². The Hall–Kier alpha value is -1.89. The Labute approximate surface area is 111 Å². The highest BCUT2D eigenvalue weighted by Gasteiger charge is 2.18. The Morgan fingerprint density at radius 2 is 1.84 bits per heavy atom. The molecule has 1 unspecified atom stereocenters. The fourth-order valence-corrected chi connectivity index (χ4v) is 2.61. The molecule has 1 atom stereocenters. The summed E-state index contributed by atoms with van der Waals surface area (Å²) in [5.41, 5.74) is 0. The highest BCUT2D eigenvalue weighted by Crippen LogP contribution is 2.10. The van der Waals surface area contributed by atoms with E-state index in [0.717, 1.165) is 0 Å². The van der Waals surface area contributed by atoms with Crippen molar-refractivity contribution in [3.05, 3.63) is 30.3 Å². The summed E-state index contributed by atoms with van der Waals surface area (Å²) >= 11 is 0. The maximum absolute atomic E-state index is 11.9. The van der Waals surface area contributed by atoms with Gasteiger partial charge in [0.05, 0.1) is 10.6 Å². The Kier molecular flexibility index (Phi) is 5.05. The molecule has 0 aliphatic carbocycles. The molecule has 0 heterocycles. The number of amides is 1. The van der Waals surface area contributed by atoms with Gasteiger partial charge >= 0.3 is 5.97 Å². The van der Waals surface area contributed by atoms with E-state index >= 15 is 0 Å². The van der Waals surface area contributed by atoms with Gasteiger partial charge in [0.25, 0.3) is 0 Å². The molecular weight excluding hydrogens is 270 g/mol. The molecule has 1 aromatic rings. The van der Waals surface area contributed by atoms with Crippen molar-refractivity contribution in [2.24, 2.45) is 0 Å². The third-order valence-corrected chi connectivity index (χ3v) is 4.18. The number of aliphatic carboxylic acids is 1. The smallest absolute Gasteiger partial charge is 0.325 e. The van der Waals surface area contributed by atoms with Crippen LogP contribution in [-0.4, -0.2) is 37.2 Å². The first-order valence-electron chi connectivity index (χ1n) is 5.63. The number of nitrogens with one attached hydrogen (secondary N) is 1. The molecule has 2 N–H and O–H groups in total. The number of rotatable bonds is 6. The Bertz CT molecular complexity index is 553. The van der Waals surface area contributed by atoms with Crippen LogP contribution >= 0.6 is 0 Å². The molecule has 1 amide bonds. The molecular formula is C12H15NO5S. The van der Waals surface area contributed by atoms with Crippen LogP contribution < -0.4 is 5.32 Å². The van der Waals surface area contributed by atoms with Gasteiger partial charge in [0.15, 0.2) is 9.84 Å². The number of carboxylic acid groups (broad SMARTS) is 1. The predicted molar refractivity (Wildman–Crippen MR) is 68.4 cm³/mol. The molecule has 19 heavy (non-hydrogen) atoms. The third kappa shape index (κ3) is 4.70. The number of carboxylic acids is 1. The van der Waals surface area contributed by atoms with Gasteiger partial charge in [-0.05, 0) is 19.1 Å². The summed E-state index contributed by atoms with van der Waals surface area (Å²) in [5, 5.41) is 10.8. The van der Waals surface area contributed by atoms with Gasteiger partial charge in [0.2, 0.25) is 5.91 Å². The molecule has 0 bridgehead atoms. The lowest BCUT2D eigenvalue weighted by molar-refractivity contribution is -0.141. The fourth-order valence-electron chi connectivity index (χ4n) is 1.35. The molecule has 0 saturated carbocycles. The van der Waals surface area contributed by atoms with Crippen LogP contribution in [0.2, 0.25) is 0 Å². The van der Waals surface area contributed by atoms with Crippen molar-refractivity contribution >= 4 is 21.7 Å². The van der Waals surface area contributed by atoms with Crippen LogP contribution in [0, 0.1) is 0 Å². The molecule has 0 fully saturated rings. The topological polar surface area (TPSA) is 101 Å². The molecule has 0 saturated heterocycles. The molecule has 1 rings (SSSR count). The van der Waals surface area contributed by atoms with Gasteiger partial charge in [-0.1, -0.05) is 18.2 Å². The minimum atomic E-state index is -3.52. The lowest BCUT2D eigenvalue weighted by atomic mass is 10.3. The first-order valence-corrected chi connectivity index (χ1v) is 7.28. The zero-order valence-electron chi connectivity index (χ0n) is 10.4. The van der Waals surface area contributed by atoms with Crippen molar-refractivity contribution in [1.82, 2.24) is 5.32 Å². The van der Waals surface area contributed by atoms with Crippen LogP contribution in [0.25, 0.3) is 0 Å². The fraction of sp³-hybridized carbons (Fsp3) is 0.333. The van der Waals surface area contributed by atoms with Crippen molar-refractivity contribution in [3.8, 4) is 0 Å². The highest BCUT2D eigenvalue weighted by atomic mass is 32.2. The van der Waals surface area contributed by atoms with E-state index in [-0.39, 0.29) is 17.1 Å². The lowest BCUT2D eigenvalue weighted by Gasteiger charge is -2.09. The average Bonchev–Trinajstić information content (AvgIpc) is 2.37. The van der Waals surface area contributed by atoms with E-state index in [0.29, 0.717) is 0 Å². The minimum Gasteiger partial charge on any atom is -0.480 e. The molecule has 0 aromatic heterocycles. The second kappa shape index (κ2) is 6.33. The first kappa shape index (κ1) is 15.2. The quantitative estimate of drug-likeness (QED) is 0.790. The number of carbonyl (C=O) groups is 2. The third-order valence-electron chi connectivity index (χ3n) is 2.45. The number of carbonyl (C=O) groups excluding carboxylic acids is 1. The van der Waals surface area contributed by atoms with E-state index < -0.39 is 27.8 Å². The van der Waals surface area contributed by atoms with Crippen molar-refractivity contribution in [3.63, 3.8) is 0 Å². The number of benzene rings is 1. The summed E-state index contributed by atoms with van der Waals surface area (Å²) in [6.45, 7) is 1.31. The van der Waals surface area contributed by atoms with Crippen molar-refractivity contribution in [2.75, 3.05) is 5.75 Å². The SMILES string of the molecule is CC(NC(=O)CCS(=O)(=O)c1ccccc1)C(=O)O. The molecule has 6 nitrogen and oxygen atoms in total. The van der Waals surface area contributed by atoms with Gasteiger partial charge in [0, 0.05) is 6.42 Å². The second-order valence-electron chi connectivity index (χ2n) is 4.01. The maximum atomic E-state index is 11.9. The van der Waals surface area contributed by atoms with Crippen molar-refractivity contribution in [1.29, 1.82) is 0 Å². The van der Waals surface area contributed by atoms with Gasteiger partial charge < -0.3 is 10.4 Å². The zero-order valence-corrected chi connectivity index (χ0v) is 11.2. The first-order chi connectivity index (χ1) is 8.83. The van der Waals surface area contributed by atoms with Gasteiger partial charge in [0.1, 0.15) is 6.04 Å². The standard InChI is InChI=1S/C12H15NO5S/c1-9(12(15)16)13-11(14)7-8-19(17,18)10-5-3-2-4-6-10/h2-6,9H,7-8H2,1H3,(H,13,14)(H,15,16). The highest BCUT2D eigenvalue weighted by molar-refractivity contribution is 7.91. The molecule has 0 spiro atoms. The van der Waals surface area contributed by atoms with Gasteiger partial charge in [-0.15, -0.1) is 0 Å². The summed E-state index contributed by atoms with van der Waals surface area (Å²) in [6.07, 6.45) is -0.269.